The summed E-state index contributed by atoms with van der Waals surface area (Å²) in [6.45, 7) is 0. The third kappa shape index (κ3) is 2.58. The van der Waals surface area contributed by atoms with Gasteiger partial charge >= 0.3 is 0 Å². The SMILES string of the molecule is Nc1cc(-n2cc(I)cn2)nc(-c2ccccc2)n1. The van der Waals surface area contributed by atoms with Crippen LogP contribution in [0.4, 0.5) is 5.82 Å². The first-order valence-corrected chi connectivity index (χ1v) is 6.71. The van der Waals surface area contributed by atoms with Crippen LogP contribution in [0, 0.1) is 3.57 Å². The highest BCUT2D eigenvalue weighted by Gasteiger charge is 2.07. The second-order valence-corrected chi connectivity index (χ2v) is 5.19. The normalized spacial score (nSPS) is 10.6. The van der Waals surface area contributed by atoms with Crippen molar-refractivity contribution < 1.29 is 0 Å². The summed E-state index contributed by atoms with van der Waals surface area (Å²) < 4.78 is 2.72. The molecule has 0 saturated heterocycles. The Morgan fingerprint density at radius 1 is 1.11 bits per heavy atom. The minimum atomic E-state index is 0.425. The number of hydrogen-bond donors (Lipinski definition) is 1. The second-order valence-electron chi connectivity index (χ2n) is 3.94. The highest BCUT2D eigenvalue weighted by molar-refractivity contribution is 14.1. The highest BCUT2D eigenvalue weighted by Crippen LogP contribution is 2.18. The van der Waals surface area contributed by atoms with Crippen LogP contribution in [-0.4, -0.2) is 19.7 Å². The first-order chi connectivity index (χ1) is 9.22. The van der Waals surface area contributed by atoms with Gasteiger partial charge in [-0.05, 0) is 22.6 Å². The van der Waals surface area contributed by atoms with Gasteiger partial charge in [-0.3, -0.25) is 0 Å². The highest BCUT2D eigenvalue weighted by atomic mass is 127. The minimum Gasteiger partial charge on any atom is -0.384 e. The fourth-order valence-electron chi connectivity index (χ4n) is 1.71. The summed E-state index contributed by atoms with van der Waals surface area (Å²) in [6, 6.07) is 11.4. The topological polar surface area (TPSA) is 69.6 Å². The quantitative estimate of drug-likeness (QED) is 0.711. The van der Waals surface area contributed by atoms with Crippen molar-refractivity contribution in [1.29, 1.82) is 0 Å². The summed E-state index contributed by atoms with van der Waals surface area (Å²) in [6.07, 6.45) is 3.65. The average Bonchev–Trinajstić information content (AvgIpc) is 2.86. The third-order valence-corrected chi connectivity index (χ3v) is 3.11. The Labute approximate surface area is 123 Å². The molecule has 0 amide bonds. The van der Waals surface area contributed by atoms with Gasteiger partial charge < -0.3 is 5.73 Å². The van der Waals surface area contributed by atoms with E-state index in [1.807, 2.05) is 36.5 Å². The number of anilines is 1. The van der Waals surface area contributed by atoms with E-state index in [2.05, 4.69) is 37.7 Å². The van der Waals surface area contributed by atoms with E-state index in [1.165, 1.54) is 0 Å². The lowest BCUT2D eigenvalue weighted by Gasteiger charge is -2.05. The molecule has 2 N–H and O–H groups in total. The molecule has 0 aliphatic rings. The molecule has 0 bridgehead atoms. The van der Waals surface area contributed by atoms with Gasteiger partial charge in [0.2, 0.25) is 0 Å². The molecule has 2 heterocycles. The monoisotopic (exact) mass is 363 g/mol. The van der Waals surface area contributed by atoms with Gasteiger partial charge in [0, 0.05) is 17.8 Å². The standard InChI is InChI=1S/C13H10IN5/c14-10-7-16-19(8-10)12-6-11(15)17-13(18-12)9-4-2-1-3-5-9/h1-8H,(H2,15,17,18). The molecule has 3 aromatic rings. The Kier molecular flexibility index (Phi) is 3.16. The molecule has 94 valence electrons. The first kappa shape index (κ1) is 12.1. The summed E-state index contributed by atoms with van der Waals surface area (Å²) >= 11 is 2.20. The van der Waals surface area contributed by atoms with E-state index in [9.17, 15) is 0 Å². The average molecular weight is 363 g/mol. The van der Waals surface area contributed by atoms with Crippen molar-refractivity contribution in [1.82, 2.24) is 19.7 Å². The number of hydrogen-bond acceptors (Lipinski definition) is 4. The zero-order valence-corrected chi connectivity index (χ0v) is 12.0. The molecule has 0 spiro atoms. The zero-order chi connectivity index (χ0) is 13.2. The summed E-state index contributed by atoms with van der Waals surface area (Å²) in [5.41, 5.74) is 6.78. The van der Waals surface area contributed by atoms with E-state index in [4.69, 9.17) is 5.73 Å². The lowest BCUT2D eigenvalue weighted by molar-refractivity contribution is 0.843. The van der Waals surface area contributed by atoms with Crippen molar-refractivity contribution in [2.24, 2.45) is 0 Å². The van der Waals surface area contributed by atoms with Crippen molar-refractivity contribution in [3.05, 3.63) is 52.4 Å². The van der Waals surface area contributed by atoms with Crippen molar-refractivity contribution in [2.45, 2.75) is 0 Å². The summed E-state index contributed by atoms with van der Waals surface area (Å²) in [4.78, 5) is 8.75. The van der Waals surface area contributed by atoms with Crippen molar-refractivity contribution in [3.63, 3.8) is 0 Å². The molecule has 0 unspecified atom stereocenters. The van der Waals surface area contributed by atoms with Gasteiger partial charge in [-0.25, -0.2) is 14.6 Å². The van der Waals surface area contributed by atoms with Gasteiger partial charge in [0.25, 0.3) is 0 Å². The number of aromatic nitrogens is 4. The zero-order valence-electron chi connectivity index (χ0n) is 9.86. The van der Waals surface area contributed by atoms with E-state index < -0.39 is 0 Å². The lowest BCUT2D eigenvalue weighted by atomic mass is 10.2. The van der Waals surface area contributed by atoms with Gasteiger partial charge in [-0.15, -0.1) is 0 Å². The Balaban J connectivity index is 2.11. The van der Waals surface area contributed by atoms with Crippen LogP contribution in [0.2, 0.25) is 0 Å². The molecule has 0 atom stereocenters. The number of nitrogens with zero attached hydrogens (tertiary/aromatic N) is 4. The number of rotatable bonds is 2. The molecular weight excluding hydrogens is 353 g/mol. The minimum absolute atomic E-state index is 0.425. The van der Waals surface area contributed by atoms with E-state index in [0.717, 1.165) is 9.13 Å². The third-order valence-electron chi connectivity index (χ3n) is 2.55. The maximum atomic E-state index is 5.85. The molecular formula is C13H10IN5. The molecule has 5 nitrogen and oxygen atoms in total. The molecule has 0 saturated carbocycles. The fourth-order valence-corrected chi connectivity index (χ4v) is 2.10. The van der Waals surface area contributed by atoms with E-state index in [0.29, 0.717) is 17.5 Å². The second kappa shape index (κ2) is 4.96. The molecule has 2 aromatic heterocycles. The Bertz CT molecular complexity index is 708. The van der Waals surface area contributed by atoms with Crippen LogP contribution in [0.5, 0.6) is 0 Å². The molecule has 6 heteroatoms. The van der Waals surface area contributed by atoms with Crippen molar-refractivity contribution >= 4 is 28.4 Å². The first-order valence-electron chi connectivity index (χ1n) is 5.63. The van der Waals surface area contributed by atoms with Crippen molar-refractivity contribution in [3.8, 4) is 17.2 Å². The molecule has 0 radical (unpaired) electrons. The predicted octanol–water partition coefficient (Wildman–Crippen LogP) is 2.52. The van der Waals surface area contributed by atoms with Crippen LogP contribution in [0.15, 0.2) is 48.8 Å². The number of nitrogen functional groups attached to an aromatic ring is 1. The Hall–Kier alpha value is -1.96. The van der Waals surface area contributed by atoms with Crippen LogP contribution in [0.3, 0.4) is 0 Å². The van der Waals surface area contributed by atoms with E-state index >= 15 is 0 Å². The van der Waals surface area contributed by atoms with Gasteiger partial charge in [-0.1, -0.05) is 30.3 Å². The molecule has 0 fully saturated rings. The lowest BCUT2D eigenvalue weighted by Crippen LogP contribution is -2.03. The summed E-state index contributed by atoms with van der Waals surface area (Å²) in [7, 11) is 0. The van der Waals surface area contributed by atoms with Gasteiger partial charge in [0.15, 0.2) is 11.6 Å². The van der Waals surface area contributed by atoms with E-state index in [-0.39, 0.29) is 0 Å². The van der Waals surface area contributed by atoms with Crippen molar-refractivity contribution in [2.75, 3.05) is 5.73 Å². The van der Waals surface area contributed by atoms with E-state index in [1.54, 1.807) is 16.9 Å². The van der Waals surface area contributed by atoms with Crippen LogP contribution < -0.4 is 5.73 Å². The molecule has 0 aliphatic heterocycles. The number of benzene rings is 1. The van der Waals surface area contributed by atoms with Crippen LogP contribution in [-0.2, 0) is 0 Å². The summed E-state index contributed by atoms with van der Waals surface area (Å²) in [5, 5.41) is 4.23. The number of nitrogens with two attached hydrogens (primary N) is 1. The summed E-state index contributed by atoms with van der Waals surface area (Å²) in [5.74, 6) is 1.68. The predicted molar refractivity (Wildman–Crippen MR) is 81.7 cm³/mol. The Morgan fingerprint density at radius 2 is 1.89 bits per heavy atom. The molecule has 19 heavy (non-hydrogen) atoms. The fraction of sp³-hybridized carbons (Fsp3) is 0. The Morgan fingerprint density at radius 3 is 2.58 bits per heavy atom. The largest absolute Gasteiger partial charge is 0.384 e. The van der Waals surface area contributed by atoms with Gasteiger partial charge in [-0.2, -0.15) is 5.10 Å². The maximum absolute atomic E-state index is 5.85. The molecule has 3 rings (SSSR count). The molecule has 1 aromatic carbocycles. The van der Waals surface area contributed by atoms with Crippen LogP contribution in [0.25, 0.3) is 17.2 Å². The smallest absolute Gasteiger partial charge is 0.163 e. The number of halogens is 1. The van der Waals surface area contributed by atoms with Crippen LogP contribution >= 0.6 is 22.6 Å². The maximum Gasteiger partial charge on any atom is 0.163 e. The van der Waals surface area contributed by atoms with Gasteiger partial charge in [0.1, 0.15) is 5.82 Å². The van der Waals surface area contributed by atoms with Crippen LogP contribution in [0.1, 0.15) is 0 Å². The van der Waals surface area contributed by atoms with Gasteiger partial charge in [0.05, 0.1) is 9.77 Å². The molecule has 0 aliphatic carbocycles.